The molecule has 0 atom stereocenters. The number of aromatic nitrogens is 2. The summed E-state index contributed by atoms with van der Waals surface area (Å²) in [5.41, 5.74) is 6.70. The van der Waals surface area contributed by atoms with Gasteiger partial charge in [-0.05, 0) is 24.4 Å². The van der Waals surface area contributed by atoms with Crippen molar-refractivity contribution in [3.05, 3.63) is 28.7 Å². The molecule has 0 amide bonds. The molecular weight excluding hydrogens is 182 g/mol. The summed E-state index contributed by atoms with van der Waals surface area (Å²) in [4.78, 5) is 8.61. The Morgan fingerprint density at radius 3 is 3.15 bits per heavy atom. The van der Waals surface area contributed by atoms with Gasteiger partial charge in [-0.2, -0.15) is 0 Å². The van der Waals surface area contributed by atoms with Crippen molar-refractivity contribution < 1.29 is 0 Å². The molecule has 13 heavy (non-hydrogen) atoms. The minimum Gasteiger partial charge on any atom is -0.345 e. The van der Waals surface area contributed by atoms with E-state index >= 15 is 0 Å². The molecule has 3 nitrogen and oxygen atoms in total. The van der Waals surface area contributed by atoms with Crippen molar-refractivity contribution in [3.63, 3.8) is 0 Å². The number of hydrogen-bond acceptors (Lipinski definition) is 3. The number of nitrogens with zero attached hydrogens (tertiary/aromatic N) is 1. The van der Waals surface area contributed by atoms with E-state index in [-0.39, 0.29) is 0 Å². The summed E-state index contributed by atoms with van der Waals surface area (Å²) in [7, 11) is 0. The van der Waals surface area contributed by atoms with E-state index in [0.29, 0.717) is 6.54 Å². The maximum atomic E-state index is 5.52. The zero-order chi connectivity index (χ0) is 9.10. The van der Waals surface area contributed by atoms with Gasteiger partial charge in [-0.25, -0.2) is 4.98 Å². The number of imidazole rings is 1. The van der Waals surface area contributed by atoms with E-state index in [9.17, 15) is 0 Å². The summed E-state index contributed by atoms with van der Waals surface area (Å²) in [6, 6.07) is 2.08. The van der Waals surface area contributed by atoms with Gasteiger partial charge in [0.25, 0.3) is 0 Å². The first-order chi connectivity index (χ1) is 6.42. The fraction of sp³-hybridized carbons (Fsp3) is 0.222. The molecule has 68 valence electrons. The highest BCUT2D eigenvalue weighted by molar-refractivity contribution is 7.10. The molecule has 2 aromatic heterocycles. The Balaban J connectivity index is 2.35. The van der Waals surface area contributed by atoms with Crippen LogP contribution in [0.25, 0.3) is 11.4 Å². The lowest BCUT2D eigenvalue weighted by atomic mass is 10.2. The van der Waals surface area contributed by atoms with E-state index < -0.39 is 0 Å². The average Bonchev–Trinajstić information content (AvgIpc) is 2.71. The summed E-state index contributed by atoms with van der Waals surface area (Å²) < 4.78 is 0. The van der Waals surface area contributed by atoms with Crippen LogP contribution in [0.2, 0.25) is 0 Å². The smallest absolute Gasteiger partial charge is 0.138 e. The largest absolute Gasteiger partial charge is 0.345 e. The van der Waals surface area contributed by atoms with Gasteiger partial charge in [0.15, 0.2) is 0 Å². The third-order valence-electron chi connectivity index (χ3n) is 1.87. The van der Waals surface area contributed by atoms with E-state index in [4.69, 9.17) is 5.73 Å². The molecule has 2 rings (SSSR count). The molecule has 0 spiro atoms. The highest BCUT2D eigenvalue weighted by atomic mass is 32.1. The van der Waals surface area contributed by atoms with Crippen molar-refractivity contribution >= 4 is 11.3 Å². The number of nitrogens with two attached hydrogens (primary N) is 1. The molecule has 0 aliphatic heterocycles. The van der Waals surface area contributed by atoms with Gasteiger partial charge in [0.05, 0.1) is 0 Å². The molecule has 2 aromatic rings. The van der Waals surface area contributed by atoms with Crippen LogP contribution in [0.15, 0.2) is 23.8 Å². The Hall–Kier alpha value is -1.13. The second-order valence-corrected chi connectivity index (χ2v) is 3.73. The minimum absolute atomic E-state index is 0.689. The summed E-state index contributed by atoms with van der Waals surface area (Å²) in [5.74, 6) is 0.935. The van der Waals surface area contributed by atoms with Crippen molar-refractivity contribution in [1.82, 2.24) is 9.97 Å². The van der Waals surface area contributed by atoms with Crippen molar-refractivity contribution in [2.45, 2.75) is 6.42 Å². The highest BCUT2D eigenvalue weighted by Crippen LogP contribution is 2.25. The number of hydrogen-bond donors (Lipinski definition) is 2. The predicted octanol–water partition coefficient (Wildman–Crippen LogP) is 1.64. The highest BCUT2D eigenvalue weighted by Gasteiger charge is 2.06. The van der Waals surface area contributed by atoms with Crippen LogP contribution in [0, 0.1) is 0 Å². The molecule has 0 aliphatic rings. The van der Waals surface area contributed by atoms with Crippen LogP contribution in [0.5, 0.6) is 0 Å². The van der Waals surface area contributed by atoms with Crippen LogP contribution in [-0.2, 0) is 6.42 Å². The molecule has 0 unspecified atom stereocenters. The third-order valence-corrected chi connectivity index (χ3v) is 2.85. The van der Waals surface area contributed by atoms with Crippen LogP contribution in [-0.4, -0.2) is 16.5 Å². The maximum Gasteiger partial charge on any atom is 0.138 e. The first-order valence-corrected chi connectivity index (χ1v) is 5.06. The Labute approximate surface area is 80.6 Å². The minimum atomic E-state index is 0.689. The number of aromatic amines is 1. The van der Waals surface area contributed by atoms with Crippen LogP contribution in [0.3, 0.4) is 0 Å². The Morgan fingerprint density at radius 1 is 1.54 bits per heavy atom. The van der Waals surface area contributed by atoms with Crippen molar-refractivity contribution in [1.29, 1.82) is 0 Å². The summed E-state index contributed by atoms with van der Waals surface area (Å²) in [6.07, 6.45) is 4.52. The lowest BCUT2D eigenvalue weighted by Gasteiger charge is -1.97. The Bertz CT molecular complexity index is 364. The van der Waals surface area contributed by atoms with Crippen LogP contribution < -0.4 is 5.73 Å². The second-order valence-electron chi connectivity index (χ2n) is 2.73. The van der Waals surface area contributed by atoms with Gasteiger partial charge >= 0.3 is 0 Å². The van der Waals surface area contributed by atoms with Crippen molar-refractivity contribution in [2.24, 2.45) is 5.73 Å². The van der Waals surface area contributed by atoms with Gasteiger partial charge in [0, 0.05) is 22.8 Å². The molecule has 0 saturated carbocycles. The quantitative estimate of drug-likeness (QED) is 0.778. The van der Waals surface area contributed by atoms with Crippen molar-refractivity contribution in [2.75, 3.05) is 6.54 Å². The predicted molar refractivity (Wildman–Crippen MR) is 54.7 cm³/mol. The number of thiophene rings is 1. The average molecular weight is 193 g/mol. The monoisotopic (exact) mass is 193 g/mol. The van der Waals surface area contributed by atoms with Gasteiger partial charge in [0.1, 0.15) is 5.82 Å². The van der Waals surface area contributed by atoms with Gasteiger partial charge in [-0.15, -0.1) is 11.3 Å². The summed E-state index contributed by atoms with van der Waals surface area (Å²) >= 11 is 1.73. The third kappa shape index (κ3) is 1.64. The maximum absolute atomic E-state index is 5.52. The summed E-state index contributed by atoms with van der Waals surface area (Å²) in [5, 5.41) is 2.07. The first-order valence-electron chi connectivity index (χ1n) is 4.18. The number of rotatable bonds is 3. The lowest BCUT2D eigenvalue weighted by molar-refractivity contribution is 0.988. The molecule has 0 radical (unpaired) electrons. The fourth-order valence-electron chi connectivity index (χ4n) is 1.29. The molecule has 0 aliphatic carbocycles. The molecule has 0 saturated heterocycles. The zero-order valence-corrected chi connectivity index (χ0v) is 7.97. The summed E-state index contributed by atoms with van der Waals surface area (Å²) in [6.45, 7) is 0.689. The number of nitrogens with one attached hydrogen (secondary N) is 1. The van der Waals surface area contributed by atoms with E-state index in [1.54, 1.807) is 17.5 Å². The Kier molecular flexibility index (Phi) is 2.42. The van der Waals surface area contributed by atoms with E-state index in [1.807, 2.05) is 6.20 Å². The van der Waals surface area contributed by atoms with E-state index in [1.165, 1.54) is 10.4 Å². The molecule has 2 heterocycles. The number of H-pyrrole nitrogens is 1. The van der Waals surface area contributed by atoms with E-state index in [2.05, 4.69) is 21.4 Å². The van der Waals surface area contributed by atoms with Crippen LogP contribution in [0.1, 0.15) is 4.88 Å². The van der Waals surface area contributed by atoms with Crippen molar-refractivity contribution in [3.8, 4) is 11.4 Å². The molecule has 4 heteroatoms. The van der Waals surface area contributed by atoms with Gasteiger partial charge in [0.2, 0.25) is 0 Å². The Morgan fingerprint density at radius 2 is 2.46 bits per heavy atom. The lowest BCUT2D eigenvalue weighted by Crippen LogP contribution is -2.02. The molecule has 0 aromatic carbocycles. The second kappa shape index (κ2) is 3.72. The van der Waals surface area contributed by atoms with Gasteiger partial charge in [-0.3, -0.25) is 0 Å². The van der Waals surface area contributed by atoms with Crippen LogP contribution in [0.4, 0.5) is 0 Å². The first kappa shape index (κ1) is 8.47. The normalized spacial score (nSPS) is 10.5. The fourth-order valence-corrected chi connectivity index (χ4v) is 2.18. The molecule has 3 N–H and O–H groups in total. The molecular formula is C9H11N3S. The molecule has 0 bridgehead atoms. The van der Waals surface area contributed by atoms with E-state index in [0.717, 1.165) is 12.2 Å². The standard InChI is InChI=1S/C9H11N3S/c10-3-1-8-7(2-6-13-8)9-11-4-5-12-9/h2,4-6H,1,3,10H2,(H,11,12). The van der Waals surface area contributed by atoms with Gasteiger partial charge < -0.3 is 10.7 Å². The van der Waals surface area contributed by atoms with Crippen LogP contribution >= 0.6 is 11.3 Å². The SMILES string of the molecule is NCCc1sccc1-c1ncc[nH]1. The van der Waals surface area contributed by atoms with Gasteiger partial charge in [-0.1, -0.05) is 0 Å². The molecule has 0 fully saturated rings. The topological polar surface area (TPSA) is 54.7 Å². The zero-order valence-electron chi connectivity index (χ0n) is 7.16.